The Morgan fingerprint density at radius 3 is 2.88 bits per heavy atom. The smallest absolute Gasteiger partial charge is 0.191 e. The molecule has 0 saturated heterocycles. The minimum absolute atomic E-state index is 0.434. The van der Waals surface area contributed by atoms with E-state index in [0.717, 1.165) is 29.6 Å². The molecule has 90 valence electrons. The lowest BCUT2D eigenvalue weighted by Crippen LogP contribution is -2.41. The highest BCUT2D eigenvalue weighted by molar-refractivity contribution is 7.09. The summed E-state index contributed by atoms with van der Waals surface area (Å²) < 4.78 is 0. The molecular formula is C11H20N4S. The predicted octanol–water partition coefficient (Wildman–Crippen LogP) is 1.92. The van der Waals surface area contributed by atoms with E-state index in [-0.39, 0.29) is 0 Å². The monoisotopic (exact) mass is 240 g/mol. The number of guanidine groups is 1. The molecule has 0 amide bonds. The van der Waals surface area contributed by atoms with Crippen LogP contribution in [0.5, 0.6) is 0 Å². The fraction of sp³-hybridized carbons (Fsp3) is 0.636. The first-order valence-corrected chi connectivity index (χ1v) is 6.41. The van der Waals surface area contributed by atoms with Crippen LogP contribution in [0.15, 0.2) is 10.4 Å². The van der Waals surface area contributed by atoms with E-state index in [1.165, 1.54) is 0 Å². The number of rotatable bonds is 4. The molecule has 0 aliphatic heterocycles. The summed E-state index contributed by atoms with van der Waals surface area (Å²) in [7, 11) is 1.78. The molecule has 0 saturated carbocycles. The van der Waals surface area contributed by atoms with E-state index >= 15 is 0 Å². The average molecular weight is 240 g/mol. The van der Waals surface area contributed by atoms with Gasteiger partial charge in [-0.1, -0.05) is 6.92 Å². The number of nitrogens with one attached hydrogen (secondary N) is 2. The number of aromatic nitrogens is 1. The standard InChI is InChI=1S/C11H20N4S/c1-5-8(2)15-11(12-4)13-6-10-14-9(3)7-16-10/h7-8H,5-6H2,1-4H3,(H2,12,13,15). The van der Waals surface area contributed by atoms with Gasteiger partial charge in [0, 0.05) is 24.2 Å². The summed E-state index contributed by atoms with van der Waals surface area (Å²) >= 11 is 1.67. The number of hydrogen-bond donors (Lipinski definition) is 2. The van der Waals surface area contributed by atoms with Crippen LogP contribution in [0, 0.1) is 6.92 Å². The van der Waals surface area contributed by atoms with E-state index < -0.39 is 0 Å². The molecule has 0 spiro atoms. The zero-order valence-electron chi connectivity index (χ0n) is 10.4. The van der Waals surface area contributed by atoms with Gasteiger partial charge in [-0.05, 0) is 20.3 Å². The molecule has 1 aromatic rings. The molecule has 0 fully saturated rings. The van der Waals surface area contributed by atoms with E-state index in [4.69, 9.17) is 0 Å². The lowest BCUT2D eigenvalue weighted by molar-refractivity contribution is 0.624. The molecule has 0 bridgehead atoms. The fourth-order valence-electron chi connectivity index (χ4n) is 1.17. The Kier molecular flexibility index (Phi) is 5.25. The molecular weight excluding hydrogens is 220 g/mol. The molecule has 1 heterocycles. The van der Waals surface area contributed by atoms with Crippen molar-refractivity contribution in [1.29, 1.82) is 0 Å². The van der Waals surface area contributed by atoms with Gasteiger partial charge in [-0.15, -0.1) is 11.3 Å². The molecule has 0 aliphatic rings. The largest absolute Gasteiger partial charge is 0.354 e. The van der Waals surface area contributed by atoms with Crippen molar-refractivity contribution in [1.82, 2.24) is 15.6 Å². The number of aliphatic imine (C=N–C) groups is 1. The molecule has 4 nitrogen and oxygen atoms in total. The Labute approximate surface area is 101 Å². The SMILES string of the molecule is CCC(C)NC(=NC)NCc1nc(C)cs1. The van der Waals surface area contributed by atoms with Crippen LogP contribution in [0.25, 0.3) is 0 Å². The zero-order valence-corrected chi connectivity index (χ0v) is 11.2. The highest BCUT2D eigenvalue weighted by Crippen LogP contribution is 2.07. The van der Waals surface area contributed by atoms with E-state index in [9.17, 15) is 0 Å². The summed E-state index contributed by atoms with van der Waals surface area (Å²) in [5, 5.41) is 9.71. The van der Waals surface area contributed by atoms with Gasteiger partial charge in [0.1, 0.15) is 5.01 Å². The van der Waals surface area contributed by atoms with E-state index in [2.05, 4.69) is 39.8 Å². The third-order valence-electron chi connectivity index (χ3n) is 2.29. The van der Waals surface area contributed by atoms with Crippen molar-refractivity contribution in [2.75, 3.05) is 7.05 Å². The number of thiazole rings is 1. The molecule has 1 atom stereocenters. The molecule has 0 aliphatic carbocycles. The Morgan fingerprint density at radius 2 is 2.38 bits per heavy atom. The second kappa shape index (κ2) is 6.48. The van der Waals surface area contributed by atoms with Crippen LogP contribution in [-0.4, -0.2) is 24.0 Å². The van der Waals surface area contributed by atoms with Crippen LogP contribution in [0.2, 0.25) is 0 Å². The van der Waals surface area contributed by atoms with Crippen LogP contribution >= 0.6 is 11.3 Å². The lowest BCUT2D eigenvalue weighted by Gasteiger charge is -2.15. The maximum atomic E-state index is 4.39. The molecule has 1 aromatic heterocycles. The van der Waals surface area contributed by atoms with E-state index in [0.29, 0.717) is 6.04 Å². The summed E-state index contributed by atoms with van der Waals surface area (Å²) in [5.41, 5.74) is 1.08. The van der Waals surface area contributed by atoms with Crippen molar-refractivity contribution in [2.45, 2.75) is 39.8 Å². The van der Waals surface area contributed by atoms with Crippen LogP contribution < -0.4 is 10.6 Å². The normalized spacial score (nSPS) is 13.6. The van der Waals surface area contributed by atoms with Gasteiger partial charge in [-0.2, -0.15) is 0 Å². The van der Waals surface area contributed by atoms with E-state index in [1.807, 2.05) is 6.92 Å². The van der Waals surface area contributed by atoms with Crippen molar-refractivity contribution in [3.05, 3.63) is 16.1 Å². The number of nitrogens with zero attached hydrogens (tertiary/aromatic N) is 2. The van der Waals surface area contributed by atoms with Crippen molar-refractivity contribution in [2.24, 2.45) is 4.99 Å². The van der Waals surface area contributed by atoms with Crippen LogP contribution in [0.4, 0.5) is 0 Å². The quantitative estimate of drug-likeness (QED) is 0.624. The van der Waals surface area contributed by atoms with Gasteiger partial charge in [-0.25, -0.2) is 4.98 Å². The average Bonchev–Trinajstić information content (AvgIpc) is 2.69. The van der Waals surface area contributed by atoms with Crippen LogP contribution in [0.3, 0.4) is 0 Å². The second-order valence-electron chi connectivity index (χ2n) is 3.76. The van der Waals surface area contributed by atoms with Gasteiger partial charge < -0.3 is 10.6 Å². The second-order valence-corrected chi connectivity index (χ2v) is 4.70. The third-order valence-corrected chi connectivity index (χ3v) is 3.26. The van der Waals surface area contributed by atoms with Gasteiger partial charge in [0.05, 0.1) is 6.54 Å². The molecule has 0 radical (unpaired) electrons. The maximum absolute atomic E-state index is 4.39. The Hall–Kier alpha value is -1.10. The summed E-state index contributed by atoms with van der Waals surface area (Å²) in [6.07, 6.45) is 1.08. The highest BCUT2D eigenvalue weighted by Gasteiger charge is 2.03. The van der Waals surface area contributed by atoms with Crippen LogP contribution in [0.1, 0.15) is 31.0 Å². The number of aryl methyl sites for hydroxylation is 1. The van der Waals surface area contributed by atoms with Crippen molar-refractivity contribution in [3.8, 4) is 0 Å². The molecule has 0 aromatic carbocycles. The minimum atomic E-state index is 0.434. The van der Waals surface area contributed by atoms with Gasteiger partial charge >= 0.3 is 0 Å². The molecule has 16 heavy (non-hydrogen) atoms. The first kappa shape index (κ1) is 13.0. The maximum Gasteiger partial charge on any atom is 0.191 e. The molecule has 1 rings (SSSR count). The van der Waals surface area contributed by atoms with Crippen LogP contribution in [-0.2, 0) is 6.54 Å². The van der Waals surface area contributed by atoms with Crippen molar-refractivity contribution in [3.63, 3.8) is 0 Å². The minimum Gasteiger partial charge on any atom is -0.354 e. The Morgan fingerprint density at radius 1 is 1.62 bits per heavy atom. The van der Waals surface area contributed by atoms with Gasteiger partial charge in [0.2, 0.25) is 0 Å². The summed E-state index contributed by atoms with van der Waals surface area (Å²) in [6.45, 7) is 7.02. The lowest BCUT2D eigenvalue weighted by atomic mass is 10.3. The molecule has 1 unspecified atom stereocenters. The first-order chi connectivity index (χ1) is 7.65. The first-order valence-electron chi connectivity index (χ1n) is 5.54. The van der Waals surface area contributed by atoms with Gasteiger partial charge in [0.15, 0.2) is 5.96 Å². The summed E-state index contributed by atoms with van der Waals surface area (Å²) in [5.74, 6) is 0.835. The van der Waals surface area contributed by atoms with Crippen molar-refractivity contribution < 1.29 is 0 Å². The summed E-state index contributed by atoms with van der Waals surface area (Å²) in [4.78, 5) is 8.56. The fourth-order valence-corrected chi connectivity index (χ4v) is 1.88. The third kappa shape index (κ3) is 4.18. The number of hydrogen-bond acceptors (Lipinski definition) is 3. The topological polar surface area (TPSA) is 49.3 Å². The van der Waals surface area contributed by atoms with Gasteiger partial charge in [-0.3, -0.25) is 4.99 Å². The highest BCUT2D eigenvalue weighted by atomic mass is 32.1. The van der Waals surface area contributed by atoms with E-state index in [1.54, 1.807) is 18.4 Å². The van der Waals surface area contributed by atoms with Crippen molar-refractivity contribution >= 4 is 17.3 Å². The Bertz CT molecular complexity index is 346. The predicted molar refractivity (Wildman–Crippen MR) is 69.9 cm³/mol. The molecule has 2 N–H and O–H groups in total. The summed E-state index contributed by atoms with van der Waals surface area (Å²) in [6, 6.07) is 0.434. The zero-order chi connectivity index (χ0) is 12.0. The van der Waals surface area contributed by atoms with Gasteiger partial charge in [0.25, 0.3) is 0 Å². The Balaban J connectivity index is 2.40. The molecule has 5 heteroatoms.